The lowest BCUT2D eigenvalue weighted by Gasteiger charge is -2.20. The van der Waals surface area contributed by atoms with Crippen LogP contribution in [0.5, 0.6) is 11.5 Å². The number of halogens is 1. The summed E-state index contributed by atoms with van der Waals surface area (Å²) in [6.45, 7) is 0. The number of carbonyl (C=O) groups is 2. The second-order valence-corrected chi connectivity index (χ2v) is 8.59. The number of rotatable bonds is 9. The summed E-state index contributed by atoms with van der Waals surface area (Å²) >= 11 is 3.39. The number of hydrogen-bond donors (Lipinski definition) is 4. The molecule has 0 aliphatic carbocycles. The molecule has 0 aliphatic heterocycles. The average molecular weight is 539 g/mol. The van der Waals surface area contributed by atoms with Gasteiger partial charge in [0.1, 0.15) is 6.04 Å². The third-order valence-electron chi connectivity index (χ3n) is 5.09. The minimum absolute atomic E-state index is 0.0258. The molecule has 3 rings (SSSR count). The number of ether oxygens (including phenoxy) is 2. The highest BCUT2D eigenvalue weighted by atomic mass is 79.9. The Hall–Kier alpha value is -3.85. The third-order valence-corrected chi connectivity index (χ3v) is 5.58. The van der Waals surface area contributed by atoms with Gasteiger partial charge in [0.2, 0.25) is 11.8 Å². The second-order valence-electron chi connectivity index (χ2n) is 7.68. The average Bonchev–Trinajstić information content (AvgIpc) is 2.84. The largest absolute Gasteiger partial charge is 0.493 e. The van der Waals surface area contributed by atoms with Crippen LogP contribution in [-0.2, 0) is 22.4 Å². The summed E-state index contributed by atoms with van der Waals surface area (Å²) in [5, 5.41) is 16.5. The van der Waals surface area contributed by atoms with Crippen LogP contribution >= 0.6 is 15.9 Å². The molecule has 0 radical (unpaired) electrons. The van der Waals surface area contributed by atoms with E-state index in [9.17, 15) is 9.59 Å². The Morgan fingerprint density at radius 3 is 2.34 bits per heavy atom. The summed E-state index contributed by atoms with van der Waals surface area (Å²) in [7, 11) is 3.06. The number of benzene rings is 3. The molecule has 0 saturated carbocycles. The van der Waals surface area contributed by atoms with Crippen molar-refractivity contribution in [1.29, 1.82) is 5.41 Å². The molecule has 4 N–H and O–H groups in total. The number of hydrogen-bond acceptors (Lipinski definition) is 5. The molecule has 0 saturated heterocycles. The summed E-state index contributed by atoms with van der Waals surface area (Å²) < 4.78 is 11.3. The Bertz CT molecular complexity index is 1190. The first-order valence-electron chi connectivity index (χ1n) is 10.8. The van der Waals surface area contributed by atoms with Gasteiger partial charge in [-0.2, -0.15) is 0 Å². The monoisotopic (exact) mass is 538 g/mol. The molecule has 2 amide bonds. The smallest absolute Gasteiger partial charge is 0.247 e. The predicted molar refractivity (Wildman–Crippen MR) is 139 cm³/mol. The van der Waals surface area contributed by atoms with Crippen LogP contribution in [-0.4, -0.2) is 38.0 Å². The fourth-order valence-electron chi connectivity index (χ4n) is 3.42. The zero-order chi connectivity index (χ0) is 25.2. The number of nitrogens with one attached hydrogen (secondary N) is 4. The van der Waals surface area contributed by atoms with Gasteiger partial charge in [-0.3, -0.25) is 20.3 Å². The van der Waals surface area contributed by atoms with Crippen molar-refractivity contribution in [1.82, 2.24) is 10.6 Å². The molecule has 0 heterocycles. The lowest BCUT2D eigenvalue weighted by atomic mass is 10.1. The molecule has 0 aliphatic rings. The van der Waals surface area contributed by atoms with Gasteiger partial charge in [0.05, 0.1) is 20.6 Å². The van der Waals surface area contributed by atoms with Crippen LogP contribution in [0, 0.1) is 5.41 Å². The van der Waals surface area contributed by atoms with Crippen LogP contribution in [0.3, 0.4) is 0 Å². The zero-order valence-corrected chi connectivity index (χ0v) is 21.0. The first-order valence-corrected chi connectivity index (χ1v) is 11.6. The molecule has 35 heavy (non-hydrogen) atoms. The highest BCUT2D eigenvalue weighted by Crippen LogP contribution is 2.27. The van der Waals surface area contributed by atoms with Crippen molar-refractivity contribution >= 4 is 39.4 Å². The molecule has 3 aromatic carbocycles. The number of anilines is 1. The van der Waals surface area contributed by atoms with E-state index in [2.05, 4.69) is 31.9 Å². The van der Waals surface area contributed by atoms with E-state index in [-0.39, 0.29) is 18.3 Å². The van der Waals surface area contributed by atoms with Crippen LogP contribution in [0.2, 0.25) is 0 Å². The normalized spacial score (nSPS) is 11.2. The van der Waals surface area contributed by atoms with E-state index in [1.807, 2.05) is 42.5 Å². The zero-order valence-electron chi connectivity index (χ0n) is 19.4. The number of methoxy groups -OCH3 is 2. The van der Waals surface area contributed by atoms with Crippen LogP contribution in [0.1, 0.15) is 11.1 Å². The molecule has 3 aromatic rings. The molecule has 0 unspecified atom stereocenters. The topological polar surface area (TPSA) is 113 Å². The molecule has 0 aromatic heterocycles. The summed E-state index contributed by atoms with van der Waals surface area (Å²) in [5.74, 6) is 0.0802. The summed E-state index contributed by atoms with van der Waals surface area (Å²) in [5.41, 5.74) is 2.23. The van der Waals surface area contributed by atoms with Crippen molar-refractivity contribution in [2.75, 3.05) is 19.5 Å². The standard InChI is InChI=1S/C26H27BrN4O4/c1-34-22-12-11-18(14-23(22)35-2)15-24(32)31-26(28)30-21(13-17-7-4-3-5-8-17)25(33)29-20-10-6-9-19(27)16-20/h3-12,14,16,21H,13,15H2,1-2H3,(H,29,33)(H3,28,30,31,32)/t21-/m1/s1. The second kappa shape index (κ2) is 12.6. The predicted octanol–water partition coefficient (Wildman–Crippen LogP) is 3.90. The highest BCUT2D eigenvalue weighted by Gasteiger charge is 2.21. The Labute approximate surface area is 212 Å². The summed E-state index contributed by atoms with van der Waals surface area (Å²) in [4.78, 5) is 25.6. The molecule has 0 fully saturated rings. The van der Waals surface area contributed by atoms with Crippen molar-refractivity contribution in [3.63, 3.8) is 0 Å². The fraction of sp³-hybridized carbons (Fsp3) is 0.192. The molecule has 9 heteroatoms. The molecule has 8 nitrogen and oxygen atoms in total. The van der Waals surface area contributed by atoms with Crippen molar-refractivity contribution in [3.05, 3.63) is 88.4 Å². The van der Waals surface area contributed by atoms with Gasteiger partial charge in [0.15, 0.2) is 17.5 Å². The van der Waals surface area contributed by atoms with E-state index >= 15 is 0 Å². The van der Waals surface area contributed by atoms with E-state index in [0.29, 0.717) is 29.2 Å². The summed E-state index contributed by atoms with van der Waals surface area (Å²) in [6.07, 6.45) is 0.354. The van der Waals surface area contributed by atoms with Gasteiger partial charge in [0.25, 0.3) is 0 Å². The fourth-order valence-corrected chi connectivity index (χ4v) is 3.82. The Balaban J connectivity index is 1.66. The quantitative estimate of drug-likeness (QED) is 0.244. The minimum atomic E-state index is -0.787. The first kappa shape index (κ1) is 25.8. The van der Waals surface area contributed by atoms with Crippen LogP contribution in [0.25, 0.3) is 0 Å². The maximum Gasteiger partial charge on any atom is 0.247 e. The Morgan fingerprint density at radius 1 is 0.914 bits per heavy atom. The highest BCUT2D eigenvalue weighted by molar-refractivity contribution is 9.10. The number of carbonyl (C=O) groups excluding carboxylic acids is 2. The van der Waals surface area contributed by atoms with E-state index in [1.54, 1.807) is 30.3 Å². The van der Waals surface area contributed by atoms with Gasteiger partial charge in [0, 0.05) is 16.6 Å². The lowest BCUT2D eigenvalue weighted by Crippen LogP contribution is -2.51. The van der Waals surface area contributed by atoms with E-state index in [4.69, 9.17) is 14.9 Å². The van der Waals surface area contributed by atoms with Gasteiger partial charge in [-0.15, -0.1) is 0 Å². The maximum absolute atomic E-state index is 13.0. The summed E-state index contributed by atoms with van der Waals surface area (Å²) in [6, 6.07) is 21.1. The van der Waals surface area contributed by atoms with Crippen molar-refractivity contribution < 1.29 is 19.1 Å². The Kier molecular flexibility index (Phi) is 9.25. The van der Waals surface area contributed by atoms with Crippen molar-refractivity contribution in [3.8, 4) is 11.5 Å². The Morgan fingerprint density at radius 2 is 1.66 bits per heavy atom. The number of amides is 2. The van der Waals surface area contributed by atoms with Gasteiger partial charge in [-0.1, -0.05) is 58.4 Å². The molecular weight excluding hydrogens is 512 g/mol. The van der Waals surface area contributed by atoms with Crippen LogP contribution in [0.15, 0.2) is 77.3 Å². The molecule has 182 valence electrons. The lowest BCUT2D eigenvalue weighted by molar-refractivity contribution is -0.120. The molecule has 1 atom stereocenters. The van der Waals surface area contributed by atoms with E-state index in [0.717, 1.165) is 10.0 Å². The van der Waals surface area contributed by atoms with Gasteiger partial charge in [-0.25, -0.2) is 0 Å². The van der Waals surface area contributed by atoms with Gasteiger partial charge < -0.3 is 20.1 Å². The first-order chi connectivity index (χ1) is 16.9. The maximum atomic E-state index is 13.0. The number of guanidine groups is 1. The molecule has 0 spiro atoms. The van der Waals surface area contributed by atoms with Crippen LogP contribution in [0.4, 0.5) is 5.69 Å². The van der Waals surface area contributed by atoms with Crippen molar-refractivity contribution in [2.45, 2.75) is 18.9 Å². The van der Waals surface area contributed by atoms with E-state index in [1.165, 1.54) is 14.2 Å². The SMILES string of the molecule is COc1ccc(CC(=O)NC(=N)N[C@H](Cc2ccccc2)C(=O)Nc2cccc(Br)c2)cc1OC. The van der Waals surface area contributed by atoms with Crippen molar-refractivity contribution in [2.24, 2.45) is 0 Å². The van der Waals surface area contributed by atoms with E-state index < -0.39 is 11.9 Å². The van der Waals surface area contributed by atoms with Gasteiger partial charge in [-0.05, 0) is 41.5 Å². The molecular formula is C26H27BrN4O4. The minimum Gasteiger partial charge on any atom is -0.493 e. The third kappa shape index (κ3) is 7.86. The van der Waals surface area contributed by atoms with Gasteiger partial charge >= 0.3 is 0 Å². The van der Waals surface area contributed by atoms with Crippen LogP contribution < -0.4 is 25.4 Å². The molecule has 0 bridgehead atoms.